The highest BCUT2D eigenvalue weighted by molar-refractivity contribution is 5.38. The van der Waals surface area contributed by atoms with Gasteiger partial charge in [-0.3, -0.25) is 5.43 Å². The van der Waals surface area contributed by atoms with Crippen molar-refractivity contribution in [2.24, 2.45) is 5.84 Å². The number of ether oxygens (including phenoxy) is 2. The second-order valence-electron chi connectivity index (χ2n) is 4.90. The molecule has 3 N–H and O–H groups in total. The fourth-order valence-electron chi connectivity index (χ4n) is 2.15. The largest absolute Gasteiger partial charge is 0.463 e. The average molecular weight is 282 g/mol. The lowest BCUT2D eigenvalue weighted by atomic mass is 10.2. The van der Waals surface area contributed by atoms with E-state index < -0.39 is 0 Å². The second kappa shape index (κ2) is 6.67. The molecule has 112 valence electrons. The Kier molecular flexibility index (Phi) is 4.91. The van der Waals surface area contributed by atoms with Gasteiger partial charge in [0.2, 0.25) is 11.9 Å². The lowest BCUT2D eigenvalue weighted by Crippen LogP contribution is -2.46. The topological polar surface area (TPSA) is 98.4 Å². The average Bonchev–Trinajstić information content (AvgIpc) is 2.43. The summed E-state index contributed by atoms with van der Waals surface area (Å²) in [6.07, 6.45) is 1.15. The third kappa shape index (κ3) is 3.67. The molecule has 0 radical (unpaired) electrons. The molecule has 8 heteroatoms. The van der Waals surface area contributed by atoms with Crippen LogP contribution in [0.4, 0.5) is 11.9 Å². The lowest BCUT2D eigenvalue weighted by Gasteiger charge is -2.35. The van der Waals surface area contributed by atoms with Gasteiger partial charge in [0.05, 0.1) is 18.8 Å². The zero-order chi connectivity index (χ0) is 14.5. The molecule has 1 aliphatic heterocycles. The maximum Gasteiger partial charge on any atom is 0.323 e. The van der Waals surface area contributed by atoms with Crippen LogP contribution in [-0.4, -0.2) is 46.9 Å². The molecule has 2 atom stereocenters. The number of nitrogens with two attached hydrogens (primary N) is 1. The van der Waals surface area contributed by atoms with Gasteiger partial charge in [-0.15, -0.1) is 0 Å². The molecule has 1 fully saturated rings. The molecule has 2 rings (SSSR count). The van der Waals surface area contributed by atoms with Crippen LogP contribution in [0.2, 0.25) is 0 Å². The molecule has 1 aromatic heterocycles. The Morgan fingerprint density at radius 1 is 1.30 bits per heavy atom. The smallest absolute Gasteiger partial charge is 0.323 e. The van der Waals surface area contributed by atoms with E-state index in [1.54, 1.807) is 0 Å². The van der Waals surface area contributed by atoms with Gasteiger partial charge in [-0.25, -0.2) is 5.84 Å². The first kappa shape index (κ1) is 14.7. The third-order valence-corrected chi connectivity index (χ3v) is 2.87. The first-order valence-electron chi connectivity index (χ1n) is 6.88. The van der Waals surface area contributed by atoms with Crippen LogP contribution >= 0.6 is 0 Å². The summed E-state index contributed by atoms with van der Waals surface area (Å²) < 4.78 is 11.2. The van der Waals surface area contributed by atoms with E-state index in [4.69, 9.17) is 15.3 Å². The molecule has 2 unspecified atom stereocenters. The Labute approximate surface area is 118 Å². The van der Waals surface area contributed by atoms with Crippen molar-refractivity contribution in [3.05, 3.63) is 0 Å². The zero-order valence-electron chi connectivity index (χ0n) is 12.2. The maximum atomic E-state index is 5.71. The zero-order valence-corrected chi connectivity index (χ0v) is 12.2. The number of rotatable bonds is 5. The van der Waals surface area contributed by atoms with E-state index in [9.17, 15) is 0 Å². The molecular weight excluding hydrogens is 260 g/mol. The summed E-state index contributed by atoms with van der Waals surface area (Å²) >= 11 is 0. The molecule has 0 amide bonds. The van der Waals surface area contributed by atoms with Crippen LogP contribution in [0, 0.1) is 0 Å². The van der Waals surface area contributed by atoms with Crippen LogP contribution in [0.3, 0.4) is 0 Å². The normalized spacial score (nSPS) is 22.7. The van der Waals surface area contributed by atoms with Crippen LogP contribution < -0.4 is 20.9 Å². The Morgan fingerprint density at radius 3 is 2.60 bits per heavy atom. The molecule has 0 saturated carbocycles. The highest BCUT2D eigenvalue weighted by Crippen LogP contribution is 2.19. The van der Waals surface area contributed by atoms with Gasteiger partial charge in [0, 0.05) is 13.1 Å². The van der Waals surface area contributed by atoms with Crippen molar-refractivity contribution in [2.75, 3.05) is 30.0 Å². The highest BCUT2D eigenvalue weighted by atomic mass is 16.5. The van der Waals surface area contributed by atoms with E-state index in [0.717, 1.165) is 19.5 Å². The minimum atomic E-state index is 0.129. The summed E-state index contributed by atoms with van der Waals surface area (Å²) in [7, 11) is 0. The number of nitrogen functional groups attached to an aromatic ring is 1. The van der Waals surface area contributed by atoms with E-state index in [2.05, 4.69) is 25.3 Å². The number of nitrogens with zero attached hydrogens (tertiary/aromatic N) is 4. The molecule has 1 saturated heterocycles. The van der Waals surface area contributed by atoms with Crippen molar-refractivity contribution in [1.29, 1.82) is 0 Å². The predicted molar refractivity (Wildman–Crippen MR) is 75.6 cm³/mol. The van der Waals surface area contributed by atoms with E-state index in [1.807, 2.05) is 20.8 Å². The van der Waals surface area contributed by atoms with E-state index in [-0.39, 0.29) is 18.2 Å². The summed E-state index contributed by atoms with van der Waals surface area (Å²) in [6, 6.07) is 0.289. The number of aromatic nitrogens is 3. The van der Waals surface area contributed by atoms with Gasteiger partial charge < -0.3 is 14.4 Å². The molecule has 2 heterocycles. The fraction of sp³-hybridized carbons (Fsp3) is 0.750. The van der Waals surface area contributed by atoms with Crippen molar-refractivity contribution in [1.82, 2.24) is 15.0 Å². The van der Waals surface area contributed by atoms with Gasteiger partial charge in [-0.2, -0.15) is 15.0 Å². The number of anilines is 2. The number of hydrogen-bond acceptors (Lipinski definition) is 8. The van der Waals surface area contributed by atoms with Gasteiger partial charge in [-0.05, 0) is 20.3 Å². The summed E-state index contributed by atoms with van der Waals surface area (Å²) in [6.45, 7) is 8.09. The fourth-order valence-corrected chi connectivity index (χ4v) is 2.15. The molecule has 8 nitrogen and oxygen atoms in total. The molecular formula is C12H22N6O2. The first-order chi connectivity index (χ1) is 9.62. The van der Waals surface area contributed by atoms with Gasteiger partial charge in [0.15, 0.2) is 0 Å². The van der Waals surface area contributed by atoms with Gasteiger partial charge in [-0.1, -0.05) is 6.92 Å². The summed E-state index contributed by atoms with van der Waals surface area (Å²) in [4.78, 5) is 14.8. The van der Waals surface area contributed by atoms with E-state index in [1.165, 1.54) is 0 Å². The monoisotopic (exact) mass is 282 g/mol. The van der Waals surface area contributed by atoms with E-state index >= 15 is 0 Å². The van der Waals surface area contributed by atoms with Gasteiger partial charge in [0.25, 0.3) is 0 Å². The standard InChI is InChI=1S/C12H22N6O2/c1-4-5-19-12-15-10(17-13)14-11(16-12)18-6-8(2)20-9(3)7-18/h8-9H,4-7,13H2,1-3H3,(H,14,15,16,17). The van der Waals surface area contributed by atoms with Crippen LogP contribution in [-0.2, 0) is 4.74 Å². The Balaban J connectivity index is 2.20. The Bertz CT molecular complexity index is 434. The van der Waals surface area contributed by atoms with Crippen molar-refractivity contribution in [3.8, 4) is 6.01 Å². The van der Waals surface area contributed by atoms with E-state index in [0.29, 0.717) is 18.5 Å². The minimum absolute atomic E-state index is 0.129. The third-order valence-electron chi connectivity index (χ3n) is 2.87. The van der Waals surface area contributed by atoms with Crippen LogP contribution in [0.5, 0.6) is 6.01 Å². The maximum absolute atomic E-state index is 5.71. The quantitative estimate of drug-likeness (QED) is 0.597. The van der Waals surface area contributed by atoms with Crippen LogP contribution in [0.25, 0.3) is 0 Å². The number of hydrazine groups is 1. The number of hydrogen-bond donors (Lipinski definition) is 2. The highest BCUT2D eigenvalue weighted by Gasteiger charge is 2.25. The number of nitrogens with one attached hydrogen (secondary N) is 1. The summed E-state index contributed by atoms with van der Waals surface area (Å²) in [5.74, 6) is 6.25. The van der Waals surface area contributed by atoms with Gasteiger partial charge in [0.1, 0.15) is 0 Å². The molecule has 0 bridgehead atoms. The van der Waals surface area contributed by atoms with Crippen LogP contribution in [0.1, 0.15) is 27.2 Å². The molecule has 1 aromatic rings. The molecule has 0 aliphatic carbocycles. The molecule has 0 spiro atoms. The molecule has 1 aliphatic rings. The van der Waals surface area contributed by atoms with Crippen molar-refractivity contribution >= 4 is 11.9 Å². The summed E-state index contributed by atoms with van der Waals surface area (Å²) in [5.41, 5.74) is 2.45. The SMILES string of the molecule is CCCOc1nc(NN)nc(N2CC(C)OC(C)C2)n1. The number of morpholine rings is 1. The Hall–Kier alpha value is -1.67. The summed E-state index contributed by atoms with van der Waals surface area (Å²) in [5, 5.41) is 0. The van der Waals surface area contributed by atoms with Crippen molar-refractivity contribution in [3.63, 3.8) is 0 Å². The second-order valence-corrected chi connectivity index (χ2v) is 4.90. The Morgan fingerprint density at radius 2 is 2.00 bits per heavy atom. The van der Waals surface area contributed by atoms with Crippen molar-refractivity contribution < 1.29 is 9.47 Å². The molecule has 0 aromatic carbocycles. The van der Waals surface area contributed by atoms with Crippen molar-refractivity contribution in [2.45, 2.75) is 39.4 Å². The van der Waals surface area contributed by atoms with Crippen LogP contribution in [0.15, 0.2) is 0 Å². The predicted octanol–water partition coefficient (Wildman–Crippen LogP) is 0.560. The lowest BCUT2D eigenvalue weighted by molar-refractivity contribution is -0.00577. The van der Waals surface area contributed by atoms with Gasteiger partial charge >= 0.3 is 6.01 Å². The minimum Gasteiger partial charge on any atom is -0.463 e. The first-order valence-corrected chi connectivity index (χ1v) is 6.88. The molecule has 20 heavy (non-hydrogen) atoms.